The standard InChI is InChI=1S/C52H34/c1-2-12-35(13-3-1)36-24-26-37(27-25-36)42-32-33-49-50(34-42)51(41-30-28-40(29-31-41)44-22-10-16-38-14-4-6-18-43(38)44)47-20-8-9-21-48(47)52(49)46-23-11-17-39-15-5-7-19-45(39)46/h1-34H. The minimum atomic E-state index is 1.21. The van der Waals surface area contributed by atoms with Gasteiger partial charge in [-0.15, -0.1) is 0 Å². The van der Waals surface area contributed by atoms with Gasteiger partial charge < -0.3 is 0 Å². The molecule has 0 saturated carbocycles. The van der Waals surface area contributed by atoms with Crippen molar-refractivity contribution in [3.8, 4) is 55.6 Å². The molecular formula is C52H34. The Morgan fingerprint density at radius 2 is 0.615 bits per heavy atom. The molecule has 0 atom stereocenters. The van der Waals surface area contributed by atoms with E-state index < -0.39 is 0 Å². The third kappa shape index (κ3) is 5.08. The summed E-state index contributed by atoms with van der Waals surface area (Å²) in [5, 5.41) is 10.1. The maximum absolute atomic E-state index is 2.42. The smallest absolute Gasteiger partial charge is 0.00201 e. The van der Waals surface area contributed by atoms with Gasteiger partial charge in [0.25, 0.3) is 0 Å². The van der Waals surface area contributed by atoms with Crippen LogP contribution in [0.1, 0.15) is 0 Å². The van der Waals surface area contributed by atoms with Crippen LogP contribution < -0.4 is 0 Å². The first-order valence-electron chi connectivity index (χ1n) is 18.0. The van der Waals surface area contributed by atoms with Crippen molar-refractivity contribution in [3.05, 3.63) is 206 Å². The lowest BCUT2D eigenvalue weighted by Gasteiger charge is -2.20. The molecule has 0 aliphatic heterocycles. The molecule has 0 nitrogen and oxygen atoms in total. The summed E-state index contributed by atoms with van der Waals surface area (Å²) in [5.74, 6) is 0. The summed E-state index contributed by atoms with van der Waals surface area (Å²) in [5.41, 5.74) is 12.4. The largest absolute Gasteiger partial charge is 0.0622 e. The third-order valence-electron chi connectivity index (χ3n) is 10.7. The summed E-state index contributed by atoms with van der Waals surface area (Å²) in [6, 6.07) is 75.5. The molecule has 10 aromatic carbocycles. The molecule has 0 heterocycles. The van der Waals surface area contributed by atoms with Crippen molar-refractivity contribution in [3.63, 3.8) is 0 Å². The zero-order valence-corrected chi connectivity index (χ0v) is 28.6. The van der Waals surface area contributed by atoms with E-state index in [0.29, 0.717) is 0 Å². The summed E-state index contributed by atoms with van der Waals surface area (Å²) in [6.07, 6.45) is 0. The predicted molar refractivity (Wildman–Crippen MR) is 224 cm³/mol. The number of fused-ring (bicyclic) bond motifs is 4. The van der Waals surface area contributed by atoms with Crippen LogP contribution in [0.3, 0.4) is 0 Å². The summed E-state index contributed by atoms with van der Waals surface area (Å²) < 4.78 is 0. The lowest BCUT2D eigenvalue weighted by atomic mass is 9.83. The van der Waals surface area contributed by atoms with E-state index in [1.807, 2.05) is 0 Å². The van der Waals surface area contributed by atoms with E-state index in [1.54, 1.807) is 0 Å². The normalized spacial score (nSPS) is 11.5. The maximum Gasteiger partial charge on any atom is -0.00201 e. The monoisotopic (exact) mass is 658 g/mol. The van der Waals surface area contributed by atoms with Crippen LogP contribution >= 0.6 is 0 Å². The fraction of sp³-hybridized carbons (Fsp3) is 0. The second-order valence-electron chi connectivity index (χ2n) is 13.6. The van der Waals surface area contributed by atoms with Crippen molar-refractivity contribution in [1.29, 1.82) is 0 Å². The molecule has 0 aliphatic rings. The van der Waals surface area contributed by atoms with E-state index in [1.165, 1.54) is 98.7 Å². The van der Waals surface area contributed by atoms with Gasteiger partial charge in [-0.05, 0) is 105 Å². The van der Waals surface area contributed by atoms with Gasteiger partial charge in [0.05, 0.1) is 0 Å². The van der Waals surface area contributed by atoms with Crippen LogP contribution in [0.2, 0.25) is 0 Å². The Labute approximate surface area is 303 Å². The molecule has 0 N–H and O–H groups in total. The zero-order chi connectivity index (χ0) is 34.4. The quantitative estimate of drug-likeness (QED) is 0.161. The number of hydrogen-bond acceptors (Lipinski definition) is 0. The molecule has 0 saturated heterocycles. The van der Waals surface area contributed by atoms with Crippen LogP contribution in [0.15, 0.2) is 206 Å². The summed E-state index contributed by atoms with van der Waals surface area (Å²) in [4.78, 5) is 0. The van der Waals surface area contributed by atoms with Gasteiger partial charge in [-0.1, -0.05) is 200 Å². The Morgan fingerprint density at radius 1 is 0.192 bits per heavy atom. The molecule has 10 aromatic rings. The second-order valence-corrected chi connectivity index (χ2v) is 13.6. The highest BCUT2D eigenvalue weighted by molar-refractivity contribution is 6.24. The Kier molecular flexibility index (Phi) is 7.25. The summed E-state index contributed by atoms with van der Waals surface area (Å²) >= 11 is 0. The first-order chi connectivity index (χ1) is 25.8. The van der Waals surface area contributed by atoms with Crippen molar-refractivity contribution in [2.45, 2.75) is 0 Å². The van der Waals surface area contributed by atoms with E-state index in [0.717, 1.165) is 0 Å². The Morgan fingerprint density at radius 3 is 1.29 bits per heavy atom. The van der Waals surface area contributed by atoms with E-state index in [-0.39, 0.29) is 0 Å². The highest BCUT2D eigenvalue weighted by Gasteiger charge is 2.19. The van der Waals surface area contributed by atoms with Crippen LogP contribution in [0.25, 0.3) is 98.7 Å². The number of hydrogen-bond donors (Lipinski definition) is 0. The third-order valence-corrected chi connectivity index (χ3v) is 10.7. The van der Waals surface area contributed by atoms with Gasteiger partial charge in [0.2, 0.25) is 0 Å². The molecule has 0 amide bonds. The molecule has 0 unspecified atom stereocenters. The fourth-order valence-electron chi connectivity index (χ4n) is 8.18. The predicted octanol–water partition coefficient (Wildman–Crippen LogP) is 14.6. The summed E-state index contributed by atoms with van der Waals surface area (Å²) in [6.45, 7) is 0. The van der Waals surface area contributed by atoms with Crippen molar-refractivity contribution >= 4 is 43.1 Å². The van der Waals surface area contributed by atoms with Gasteiger partial charge in [-0.2, -0.15) is 0 Å². The molecule has 0 fully saturated rings. The van der Waals surface area contributed by atoms with Gasteiger partial charge in [-0.25, -0.2) is 0 Å². The minimum Gasteiger partial charge on any atom is -0.0622 e. The topological polar surface area (TPSA) is 0 Å². The van der Waals surface area contributed by atoms with Crippen molar-refractivity contribution in [2.24, 2.45) is 0 Å². The number of rotatable bonds is 5. The molecule has 0 bridgehead atoms. The molecule has 10 rings (SSSR count). The maximum atomic E-state index is 2.42. The Balaban J connectivity index is 1.22. The van der Waals surface area contributed by atoms with Crippen molar-refractivity contribution in [2.75, 3.05) is 0 Å². The van der Waals surface area contributed by atoms with Gasteiger partial charge in [0.15, 0.2) is 0 Å². The zero-order valence-electron chi connectivity index (χ0n) is 28.6. The van der Waals surface area contributed by atoms with Crippen molar-refractivity contribution in [1.82, 2.24) is 0 Å². The fourth-order valence-corrected chi connectivity index (χ4v) is 8.18. The average Bonchev–Trinajstić information content (AvgIpc) is 3.23. The highest BCUT2D eigenvalue weighted by atomic mass is 14.2. The van der Waals surface area contributed by atoms with Crippen LogP contribution in [0, 0.1) is 0 Å². The molecule has 0 heteroatoms. The Hall–Kier alpha value is -6.76. The van der Waals surface area contributed by atoms with Crippen molar-refractivity contribution < 1.29 is 0 Å². The molecule has 0 radical (unpaired) electrons. The second kappa shape index (κ2) is 12.5. The molecule has 0 aliphatic carbocycles. The van der Waals surface area contributed by atoms with Crippen LogP contribution in [0.4, 0.5) is 0 Å². The SMILES string of the molecule is c1ccc(-c2ccc(-c3ccc4c(-c5cccc6ccccc56)c5ccccc5c(-c5ccc(-c6cccc7ccccc67)cc5)c4c3)cc2)cc1. The van der Waals surface area contributed by atoms with Gasteiger partial charge in [0.1, 0.15) is 0 Å². The van der Waals surface area contributed by atoms with Gasteiger partial charge in [0, 0.05) is 0 Å². The number of benzene rings is 10. The lowest BCUT2D eigenvalue weighted by molar-refractivity contribution is 1.60. The van der Waals surface area contributed by atoms with E-state index in [4.69, 9.17) is 0 Å². The molecule has 242 valence electrons. The first-order valence-corrected chi connectivity index (χ1v) is 18.0. The minimum absolute atomic E-state index is 1.21. The molecule has 52 heavy (non-hydrogen) atoms. The molecule has 0 spiro atoms. The van der Waals surface area contributed by atoms with Gasteiger partial charge in [-0.3, -0.25) is 0 Å². The lowest BCUT2D eigenvalue weighted by Crippen LogP contribution is -1.93. The molecule has 0 aromatic heterocycles. The van der Waals surface area contributed by atoms with Crippen LogP contribution in [-0.2, 0) is 0 Å². The van der Waals surface area contributed by atoms with Gasteiger partial charge >= 0.3 is 0 Å². The van der Waals surface area contributed by atoms with E-state index in [2.05, 4.69) is 206 Å². The molecular weight excluding hydrogens is 625 g/mol. The highest BCUT2D eigenvalue weighted by Crippen LogP contribution is 2.46. The Bertz CT molecular complexity index is 2900. The average molecular weight is 659 g/mol. The van der Waals surface area contributed by atoms with Crippen LogP contribution in [0.5, 0.6) is 0 Å². The summed E-state index contributed by atoms with van der Waals surface area (Å²) in [7, 11) is 0. The first kappa shape index (κ1) is 30.1. The van der Waals surface area contributed by atoms with E-state index in [9.17, 15) is 0 Å². The van der Waals surface area contributed by atoms with Crippen LogP contribution in [-0.4, -0.2) is 0 Å². The van der Waals surface area contributed by atoms with E-state index >= 15 is 0 Å².